The number of anilines is 1. The fourth-order valence-corrected chi connectivity index (χ4v) is 6.87. The third kappa shape index (κ3) is 7.37. The molecule has 0 aliphatic carbocycles. The average molecular weight is 589 g/mol. The minimum Gasteiger partial charge on any atom is -0.481 e. The summed E-state index contributed by atoms with van der Waals surface area (Å²) in [5.41, 5.74) is 2.41. The number of amides is 1. The summed E-state index contributed by atoms with van der Waals surface area (Å²) in [7, 11) is -1.90. The number of nitrogens with one attached hydrogen (secondary N) is 2. The van der Waals surface area contributed by atoms with E-state index in [-0.39, 0.29) is 36.8 Å². The number of hydrogen-bond donors (Lipinski definition) is 2. The van der Waals surface area contributed by atoms with E-state index in [2.05, 4.69) is 15.6 Å². The summed E-state index contributed by atoms with van der Waals surface area (Å²) in [5, 5.41) is 6.74. The standard InChI is InChI=1S/C29H34ClFN4O4S/c1-19-16-32-18-23(35(19)40(3,37)38)12-13-24-26(31)5-4-6-27(24)34-28(36)15-25(20-7-10-22(30)11-8-20)21-9-14-29(39-2)33-17-21/h4-11,14,17,19,23,25,32H,12-13,15-16,18H2,1-3H3,(H,34,36). The molecule has 1 aliphatic heterocycles. The van der Waals surface area contributed by atoms with Crippen LogP contribution in [-0.4, -0.2) is 62.2 Å². The Kier molecular flexibility index (Phi) is 9.78. The van der Waals surface area contributed by atoms with Crippen molar-refractivity contribution in [1.29, 1.82) is 0 Å². The molecule has 1 amide bonds. The van der Waals surface area contributed by atoms with Gasteiger partial charge in [0.2, 0.25) is 21.8 Å². The molecule has 2 N–H and O–H groups in total. The molecule has 11 heteroatoms. The van der Waals surface area contributed by atoms with Crippen LogP contribution in [0.5, 0.6) is 5.88 Å². The van der Waals surface area contributed by atoms with Gasteiger partial charge in [0.05, 0.1) is 13.4 Å². The van der Waals surface area contributed by atoms with E-state index in [9.17, 15) is 13.2 Å². The van der Waals surface area contributed by atoms with Crippen LogP contribution in [0.1, 0.15) is 42.4 Å². The Bertz CT molecular complexity index is 1420. The maximum atomic E-state index is 15.0. The van der Waals surface area contributed by atoms with Gasteiger partial charge in [-0.2, -0.15) is 4.31 Å². The molecule has 8 nitrogen and oxygen atoms in total. The summed E-state index contributed by atoms with van der Waals surface area (Å²) in [4.78, 5) is 17.6. The summed E-state index contributed by atoms with van der Waals surface area (Å²) >= 11 is 6.09. The van der Waals surface area contributed by atoms with Crippen molar-refractivity contribution in [3.8, 4) is 5.88 Å². The number of aromatic nitrogens is 1. The molecule has 3 unspecified atom stereocenters. The van der Waals surface area contributed by atoms with E-state index in [1.807, 2.05) is 25.1 Å². The van der Waals surface area contributed by atoms with Crippen molar-refractivity contribution in [2.75, 3.05) is 31.8 Å². The van der Waals surface area contributed by atoms with E-state index < -0.39 is 15.8 Å². The van der Waals surface area contributed by atoms with E-state index in [0.29, 0.717) is 41.7 Å². The topological polar surface area (TPSA) is 101 Å². The molecule has 214 valence electrons. The van der Waals surface area contributed by atoms with Gasteiger partial charge in [-0.3, -0.25) is 4.79 Å². The molecule has 1 aromatic heterocycles. The molecule has 3 atom stereocenters. The molecule has 0 radical (unpaired) electrons. The monoisotopic (exact) mass is 588 g/mol. The van der Waals surface area contributed by atoms with Crippen LogP contribution in [0, 0.1) is 5.82 Å². The van der Waals surface area contributed by atoms with Crippen molar-refractivity contribution in [2.24, 2.45) is 0 Å². The van der Waals surface area contributed by atoms with Crippen LogP contribution in [0.25, 0.3) is 0 Å². The number of halogens is 2. The zero-order valence-corrected chi connectivity index (χ0v) is 24.3. The molecule has 1 saturated heterocycles. The minimum atomic E-state index is -3.43. The highest BCUT2D eigenvalue weighted by Crippen LogP contribution is 2.31. The molecule has 2 heterocycles. The third-order valence-corrected chi connectivity index (χ3v) is 8.83. The summed E-state index contributed by atoms with van der Waals surface area (Å²) in [6, 6.07) is 14.9. The molecule has 0 saturated carbocycles. The number of pyridine rings is 1. The van der Waals surface area contributed by atoms with E-state index in [1.54, 1.807) is 36.5 Å². The molecule has 1 fully saturated rings. The Morgan fingerprint density at radius 1 is 1.18 bits per heavy atom. The maximum absolute atomic E-state index is 15.0. The van der Waals surface area contributed by atoms with Crippen LogP contribution in [0.15, 0.2) is 60.8 Å². The first kappa shape index (κ1) is 29.9. The molecule has 0 bridgehead atoms. The summed E-state index contributed by atoms with van der Waals surface area (Å²) in [6.07, 6.45) is 3.62. The van der Waals surface area contributed by atoms with Crippen LogP contribution in [0.2, 0.25) is 5.02 Å². The van der Waals surface area contributed by atoms with E-state index in [4.69, 9.17) is 16.3 Å². The van der Waals surface area contributed by atoms with E-state index >= 15 is 4.39 Å². The number of hydrogen-bond acceptors (Lipinski definition) is 6. The Labute approximate surface area is 240 Å². The quantitative estimate of drug-likeness (QED) is 0.359. The summed E-state index contributed by atoms with van der Waals surface area (Å²) in [5.74, 6) is -0.613. The van der Waals surface area contributed by atoms with Crippen LogP contribution < -0.4 is 15.4 Å². The fraction of sp³-hybridized carbons (Fsp3) is 0.379. The summed E-state index contributed by atoms with van der Waals surface area (Å²) in [6.45, 7) is 2.89. The number of methoxy groups -OCH3 is 1. The van der Waals surface area contributed by atoms with Crippen LogP contribution in [-0.2, 0) is 21.2 Å². The van der Waals surface area contributed by atoms with Gasteiger partial charge >= 0.3 is 0 Å². The van der Waals surface area contributed by atoms with Crippen LogP contribution >= 0.6 is 11.6 Å². The van der Waals surface area contributed by atoms with Gasteiger partial charge in [-0.05, 0) is 55.2 Å². The van der Waals surface area contributed by atoms with Crippen LogP contribution in [0.4, 0.5) is 10.1 Å². The number of ether oxygens (including phenoxy) is 1. The van der Waals surface area contributed by atoms with Gasteiger partial charge < -0.3 is 15.4 Å². The Morgan fingerprint density at radius 3 is 2.55 bits per heavy atom. The van der Waals surface area contributed by atoms with Gasteiger partial charge in [-0.15, -0.1) is 0 Å². The average Bonchev–Trinajstić information content (AvgIpc) is 2.91. The number of benzene rings is 2. The largest absolute Gasteiger partial charge is 0.481 e. The molecular weight excluding hydrogens is 555 g/mol. The maximum Gasteiger partial charge on any atom is 0.225 e. The lowest BCUT2D eigenvalue weighted by atomic mass is 9.89. The zero-order chi connectivity index (χ0) is 28.9. The normalized spacial score (nSPS) is 18.7. The first-order valence-electron chi connectivity index (χ1n) is 13.1. The lowest BCUT2D eigenvalue weighted by Crippen LogP contribution is -2.58. The van der Waals surface area contributed by atoms with Gasteiger partial charge in [0.25, 0.3) is 0 Å². The van der Waals surface area contributed by atoms with Crippen LogP contribution in [0.3, 0.4) is 0 Å². The lowest BCUT2D eigenvalue weighted by Gasteiger charge is -2.39. The fourth-order valence-electron chi connectivity index (χ4n) is 5.29. The van der Waals surface area contributed by atoms with Gasteiger partial charge in [0.15, 0.2) is 0 Å². The van der Waals surface area contributed by atoms with Crippen molar-refractivity contribution < 1.29 is 22.3 Å². The molecule has 3 aromatic rings. The van der Waals surface area contributed by atoms with Gasteiger partial charge in [0, 0.05) is 66.0 Å². The van der Waals surface area contributed by atoms with Gasteiger partial charge in [-0.25, -0.2) is 17.8 Å². The van der Waals surface area contributed by atoms with Gasteiger partial charge in [-0.1, -0.05) is 35.9 Å². The lowest BCUT2D eigenvalue weighted by molar-refractivity contribution is -0.116. The van der Waals surface area contributed by atoms with Gasteiger partial charge in [0.1, 0.15) is 5.82 Å². The molecule has 1 aliphatic rings. The Hall–Kier alpha value is -3.05. The predicted octanol–water partition coefficient (Wildman–Crippen LogP) is 4.60. The number of carbonyl (C=O) groups excluding carboxylic acids is 1. The SMILES string of the molecule is COc1ccc(C(CC(=O)Nc2cccc(F)c2CCC2CNCC(C)N2S(C)(=O)=O)c2ccc(Cl)cc2)cn1. The van der Waals surface area contributed by atoms with E-state index in [1.165, 1.54) is 23.7 Å². The second kappa shape index (κ2) is 13.1. The van der Waals surface area contributed by atoms with Crippen molar-refractivity contribution in [3.05, 3.63) is 88.3 Å². The predicted molar refractivity (Wildman–Crippen MR) is 155 cm³/mol. The Balaban J connectivity index is 1.53. The number of rotatable bonds is 10. The highest BCUT2D eigenvalue weighted by atomic mass is 35.5. The minimum absolute atomic E-state index is 0.0809. The molecule has 2 aromatic carbocycles. The third-order valence-electron chi connectivity index (χ3n) is 7.15. The zero-order valence-electron chi connectivity index (χ0n) is 22.7. The van der Waals surface area contributed by atoms with Crippen molar-refractivity contribution in [1.82, 2.24) is 14.6 Å². The number of piperazine rings is 1. The van der Waals surface area contributed by atoms with Crippen molar-refractivity contribution in [3.63, 3.8) is 0 Å². The van der Waals surface area contributed by atoms with E-state index in [0.717, 1.165) is 11.1 Å². The van der Waals surface area contributed by atoms with Crippen molar-refractivity contribution in [2.45, 2.75) is 44.2 Å². The summed E-state index contributed by atoms with van der Waals surface area (Å²) < 4.78 is 46.6. The molecule has 4 rings (SSSR count). The highest BCUT2D eigenvalue weighted by molar-refractivity contribution is 7.88. The number of carbonyl (C=O) groups is 1. The second-order valence-electron chi connectivity index (χ2n) is 10.0. The first-order chi connectivity index (χ1) is 19.1. The smallest absolute Gasteiger partial charge is 0.225 e. The number of sulfonamides is 1. The Morgan fingerprint density at radius 2 is 1.90 bits per heavy atom. The molecule has 40 heavy (non-hydrogen) atoms. The molecular formula is C29H34ClFN4O4S. The second-order valence-corrected chi connectivity index (χ2v) is 12.4. The molecule has 0 spiro atoms. The van der Waals surface area contributed by atoms with Crippen molar-refractivity contribution >= 4 is 33.2 Å². The number of nitrogens with zero attached hydrogens (tertiary/aromatic N) is 2. The first-order valence-corrected chi connectivity index (χ1v) is 15.3. The highest BCUT2D eigenvalue weighted by Gasteiger charge is 2.34.